The molecular formula is C26H25BrN2O2. The molecule has 0 bridgehead atoms. The Morgan fingerprint density at radius 2 is 1.61 bits per heavy atom. The number of hydrogen-bond acceptors (Lipinski definition) is 2. The Balaban J connectivity index is 1.60. The van der Waals surface area contributed by atoms with E-state index in [1.54, 1.807) is 6.92 Å². The summed E-state index contributed by atoms with van der Waals surface area (Å²) in [6, 6.07) is 25.5. The van der Waals surface area contributed by atoms with Gasteiger partial charge in [-0.2, -0.15) is 0 Å². The summed E-state index contributed by atoms with van der Waals surface area (Å²) in [5.74, 6) is -0.0791. The van der Waals surface area contributed by atoms with Crippen molar-refractivity contribution >= 4 is 27.7 Å². The Morgan fingerprint density at radius 3 is 2.32 bits per heavy atom. The van der Waals surface area contributed by atoms with Crippen molar-refractivity contribution in [3.8, 4) is 0 Å². The third kappa shape index (κ3) is 4.88. The highest BCUT2D eigenvalue weighted by molar-refractivity contribution is 9.10. The average molecular weight is 477 g/mol. The molecule has 0 spiro atoms. The molecule has 4 rings (SSSR count). The summed E-state index contributed by atoms with van der Waals surface area (Å²) in [5.41, 5.74) is 4.31. The molecule has 3 aromatic carbocycles. The molecule has 1 N–H and O–H groups in total. The fourth-order valence-electron chi connectivity index (χ4n) is 4.30. The van der Waals surface area contributed by atoms with Gasteiger partial charge in [0, 0.05) is 17.9 Å². The predicted molar refractivity (Wildman–Crippen MR) is 125 cm³/mol. The van der Waals surface area contributed by atoms with E-state index in [1.807, 2.05) is 77.7 Å². The molecule has 1 heterocycles. The molecule has 1 aliphatic heterocycles. The summed E-state index contributed by atoms with van der Waals surface area (Å²) in [7, 11) is 0. The smallest absolute Gasteiger partial charge is 0.223 e. The largest absolute Gasteiger partial charge is 0.345 e. The maximum absolute atomic E-state index is 13.3. The first-order valence-electron chi connectivity index (χ1n) is 10.5. The van der Waals surface area contributed by atoms with Gasteiger partial charge in [-0.25, -0.2) is 0 Å². The lowest BCUT2D eigenvalue weighted by atomic mass is 9.90. The highest BCUT2D eigenvalue weighted by atomic mass is 79.9. The van der Waals surface area contributed by atoms with Crippen LogP contribution in [0.5, 0.6) is 0 Å². The Morgan fingerprint density at radius 1 is 0.968 bits per heavy atom. The molecule has 2 atom stereocenters. The zero-order valence-electron chi connectivity index (χ0n) is 17.4. The lowest BCUT2D eigenvalue weighted by Crippen LogP contribution is -2.41. The van der Waals surface area contributed by atoms with Crippen LogP contribution in [0.25, 0.3) is 0 Å². The van der Waals surface area contributed by atoms with Crippen LogP contribution >= 0.6 is 15.9 Å². The fourth-order valence-corrected chi connectivity index (χ4v) is 4.57. The van der Waals surface area contributed by atoms with Crippen LogP contribution in [0.3, 0.4) is 0 Å². The minimum atomic E-state index is -0.258. The van der Waals surface area contributed by atoms with E-state index in [2.05, 4.69) is 27.3 Å². The number of fused-ring (bicyclic) bond motifs is 1. The second-order valence-electron chi connectivity index (χ2n) is 7.84. The van der Waals surface area contributed by atoms with E-state index in [0.29, 0.717) is 6.54 Å². The number of nitrogens with zero attached hydrogens (tertiary/aromatic N) is 1. The standard InChI is InChI=1S/C26H25BrN2O2/c1-18(30)29-16-15-19-7-5-6-10-23(19)24(29)17-25(31)28-26(20-8-3-2-4-9-20)21-11-13-22(27)14-12-21/h2-14,24,26H,15-17H2,1H3,(H,28,31). The number of hydrogen-bond donors (Lipinski definition) is 1. The van der Waals surface area contributed by atoms with Gasteiger partial charge in [0.2, 0.25) is 11.8 Å². The Kier molecular flexibility index (Phi) is 6.52. The summed E-state index contributed by atoms with van der Waals surface area (Å²) < 4.78 is 0.991. The molecule has 0 saturated heterocycles. The summed E-state index contributed by atoms with van der Waals surface area (Å²) in [6.45, 7) is 2.21. The van der Waals surface area contributed by atoms with Crippen molar-refractivity contribution in [3.63, 3.8) is 0 Å². The molecule has 0 saturated carbocycles. The summed E-state index contributed by atoms with van der Waals surface area (Å²) in [5, 5.41) is 3.21. The van der Waals surface area contributed by atoms with Crippen molar-refractivity contribution in [1.82, 2.24) is 10.2 Å². The molecule has 0 aromatic heterocycles. The zero-order valence-corrected chi connectivity index (χ0v) is 19.0. The zero-order chi connectivity index (χ0) is 21.8. The van der Waals surface area contributed by atoms with Gasteiger partial charge in [-0.05, 0) is 40.8 Å². The number of carbonyl (C=O) groups is 2. The quantitative estimate of drug-likeness (QED) is 0.550. The van der Waals surface area contributed by atoms with Gasteiger partial charge in [-0.3, -0.25) is 9.59 Å². The number of carbonyl (C=O) groups excluding carboxylic acids is 2. The molecule has 31 heavy (non-hydrogen) atoms. The van der Waals surface area contributed by atoms with Crippen LogP contribution in [-0.2, 0) is 16.0 Å². The maximum atomic E-state index is 13.3. The lowest BCUT2D eigenvalue weighted by molar-refractivity contribution is -0.133. The van der Waals surface area contributed by atoms with Gasteiger partial charge in [0.1, 0.15) is 0 Å². The van der Waals surface area contributed by atoms with Gasteiger partial charge in [0.05, 0.1) is 18.5 Å². The molecule has 4 nitrogen and oxygen atoms in total. The van der Waals surface area contributed by atoms with Crippen LogP contribution in [0.1, 0.15) is 47.7 Å². The molecule has 2 unspecified atom stereocenters. The molecule has 2 amide bonds. The summed E-state index contributed by atoms with van der Waals surface area (Å²) in [4.78, 5) is 27.4. The molecule has 5 heteroatoms. The highest BCUT2D eigenvalue weighted by Crippen LogP contribution is 2.33. The number of halogens is 1. The first-order chi connectivity index (χ1) is 15.0. The average Bonchev–Trinajstić information content (AvgIpc) is 2.79. The van der Waals surface area contributed by atoms with E-state index in [9.17, 15) is 9.59 Å². The first kappa shape index (κ1) is 21.3. The van der Waals surface area contributed by atoms with E-state index >= 15 is 0 Å². The molecular weight excluding hydrogens is 452 g/mol. The van der Waals surface area contributed by atoms with Crippen molar-refractivity contribution < 1.29 is 9.59 Å². The Hall–Kier alpha value is -2.92. The van der Waals surface area contributed by atoms with Crippen molar-refractivity contribution in [2.24, 2.45) is 0 Å². The first-order valence-corrected chi connectivity index (χ1v) is 11.3. The number of rotatable bonds is 5. The minimum absolute atomic E-state index is 0.000165. The number of amides is 2. The SMILES string of the molecule is CC(=O)N1CCc2ccccc2C1CC(=O)NC(c1ccccc1)c1ccc(Br)cc1. The van der Waals surface area contributed by atoms with Crippen LogP contribution in [0.2, 0.25) is 0 Å². The second-order valence-corrected chi connectivity index (χ2v) is 8.76. The van der Waals surface area contributed by atoms with Crippen molar-refractivity contribution in [3.05, 3.63) is 106 Å². The Labute approximate surface area is 191 Å². The van der Waals surface area contributed by atoms with Crippen LogP contribution in [0.4, 0.5) is 0 Å². The van der Waals surface area contributed by atoms with Gasteiger partial charge in [-0.15, -0.1) is 0 Å². The van der Waals surface area contributed by atoms with Crippen LogP contribution in [0, 0.1) is 0 Å². The molecule has 0 aliphatic carbocycles. The summed E-state index contributed by atoms with van der Waals surface area (Å²) >= 11 is 3.48. The van der Waals surface area contributed by atoms with Crippen molar-refractivity contribution in [2.45, 2.75) is 31.8 Å². The molecule has 3 aromatic rings. The number of benzene rings is 3. The van der Waals surface area contributed by atoms with Gasteiger partial charge < -0.3 is 10.2 Å². The third-order valence-corrected chi connectivity index (χ3v) is 6.37. The van der Waals surface area contributed by atoms with E-state index in [4.69, 9.17) is 0 Å². The monoisotopic (exact) mass is 476 g/mol. The lowest BCUT2D eigenvalue weighted by Gasteiger charge is -2.37. The van der Waals surface area contributed by atoms with Crippen molar-refractivity contribution in [2.75, 3.05) is 6.54 Å². The van der Waals surface area contributed by atoms with E-state index in [-0.39, 0.29) is 30.3 Å². The second kappa shape index (κ2) is 9.48. The predicted octanol–water partition coefficient (Wildman–Crippen LogP) is 5.19. The van der Waals surface area contributed by atoms with Gasteiger partial charge >= 0.3 is 0 Å². The maximum Gasteiger partial charge on any atom is 0.223 e. The van der Waals surface area contributed by atoms with Gasteiger partial charge in [0.25, 0.3) is 0 Å². The van der Waals surface area contributed by atoms with Gasteiger partial charge in [-0.1, -0.05) is 82.7 Å². The van der Waals surface area contributed by atoms with Gasteiger partial charge in [0.15, 0.2) is 0 Å². The van der Waals surface area contributed by atoms with Crippen molar-refractivity contribution in [1.29, 1.82) is 0 Å². The minimum Gasteiger partial charge on any atom is -0.345 e. The normalized spacial score (nSPS) is 16.3. The van der Waals surface area contributed by atoms with Crippen LogP contribution in [0.15, 0.2) is 83.3 Å². The van der Waals surface area contributed by atoms with E-state index < -0.39 is 0 Å². The summed E-state index contributed by atoms with van der Waals surface area (Å²) in [6.07, 6.45) is 1.05. The number of nitrogens with one attached hydrogen (secondary N) is 1. The Bertz CT molecular complexity index is 1070. The van der Waals surface area contributed by atoms with Crippen LogP contribution < -0.4 is 5.32 Å². The van der Waals surface area contributed by atoms with E-state index in [0.717, 1.165) is 27.6 Å². The van der Waals surface area contributed by atoms with E-state index in [1.165, 1.54) is 5.56 Å². The van der Waals surface area contributed by atoms with Crippen LogP contribution in [-0.4, -0.2) is 23.3 Å². The highest BCUT2D eigenvalue weighted by Gasteiger charge is 2.31. The molecule has 158 valence electrons. The molecule has 0 radical (unpaired) electrons. The topological polar surface area (TPSA) is 49.4 Å². The third-order valence-electron chi connectivity index (χ3n) is 5.84. The molecule has 0 fully saturated rings. The fraction of sp³-hybridized carbons (Fsp3) is 0.231. The molecule has 1 aliphatic rings.